The van der Waals surface area contributed by atoms with E-state index in [1.807, 2.05) is 0 Å². The molecule has 0 aliphatic carbocycles. The van der Waals surface area contributed by atoms with Crippen molar-refractivity contribution in [3.63, 3.8) is 0 Å². The predicted octanol–water partition coefficient (Wildman–Crippen LogP) is 7.91. The molecule has 0 aliphatic rings. The summed E-state index contributed by atoms with van der Waals surface area (Å²) in [4.78, 5) is 26.1. The number of nitrogens with one attached hydrogen (secondary N) is 2. The van der Waals surface area contributed by atoms with E-state index in [-0.39, 0.29) is 5.02 Å². The fourth-order valence-corrected chi connectivity index (χ4v) is 2.36. The molecule has 0 heterocycles. The number of carbonyl (C=O) groups excluding carboxylic acids is 2. The van der Waals surface area contributed by atoms with Crippen molar-refractivity contribution in [3.05, 3.63) is 67.5 Å². The van der Waals surface area contributed by atoms with Gasteiger partial charge in [0.2, 0.25) is 0 Å². The van der Waals surface area contributed by atoms with Crippen molar-refractivity contribution in [2.75, 3.05) is 0 Å². The Hall–Kier alpha value is -1.14. The minimum atomic E-state index is -4.11. The number of rotatable bonds is 6. The number of hydrogen-bond acceptors (Lipinski definition) is 4. The van der Waals surface area contributed by atoms with Crippen LogP contribution in [0.3, 0.4) is 0 Å². The lowest BCUT2D eigenvalue weighted by Crippen LogP contribution is -2.46. The third-order valence-electron chi connectivity index (χ3n) is 3.17. The Bertz CT molecular complexity index is 1810. The zero-order chi connectivity index (χ0) is 46.0. The van der Waals surface area contributed by atoms with Crippen LogP contribution in [0.15, 0.2) is 36.3 Å². The third kappa shape index (κ3) is 10.6. The number of carbonyl (C=O) groups is 2. The molecule has 0 aliphatic heterocycles. The number of ketones is 2. The lowest BCUT2D eigenvalue weighted by atomic mass is 10.0. The van der Waals surface area contributed by atoms with E-state index in [2.05, 4.69) is 5.32 Å². The second kappa shape index (κ2) is 12.7. The monoisotopic (exact) mass is 569 g/mol. The first kappa shape index (κ1) is 10.7. The lowest BCUT2D eigenvalue weighted by molar-refractivity contribution is 0.0929. The first-order valence-corrected chi connectivity index (χ1v) is 10.4. The predicted molar refractivity (Wildman–Crippen MR) is 146 cm³/mol. The van der Waals surface area contributed by atoms with Crippen LogP contribution in [0.25, 0.3) is 0 Å². The van der Waals surface area contributed by atoms with Crippen LogP contribution in [-0.4, -0.2) is 34.7 Å². The van der Waals surface area contributed by atoms with Gasteiger partial charge in [-0.1, -0.05) is 46.4 Å². The van der Waals surface area contributed by atoms with Gasteiger partial charge in [0.25, 0.3) is 0 Å². The summed E-state index contributed by atoms with van der Waals surface area (Å²) in [5.74, 6) is -3.41. The molecule has 0 radical (unpaired) electrons. The molecule has 8 heteroatoms. The number of Topliss-reactive ketones (excluding diaryl/α,β-unsaturated/α-hetero) is 2. The van der Waals surface area contributed by atoms with Crippen LogP contribution in [0.2, 0.25) is 20.1 Å². The van der Waals surface area contributed by atoms with Gasteiger partial charge in [0, 0.05) is 42.8 Å². The van der Waals surface area contributed by atoms with Gasteiger partial charge < -0.3 is 10.6 Å². The molecule has 0 unspecified atom stereocenters. The highest BCUT2D eigenvalue weighted by atomic mass is 35.5. The summed E-state index contributed by atoms with van der Waals surface area (Å²) in [6, 6.07) is -12.1. The molecule has 0 spiro atoms. The average Bonchev–Trinajstić information content (AvgIpc) is 2.99. The maximum absolute atomic E-state index is 13.2. The van der Waals surface area contributed by atoms with Crippen molar-refractivity contribution in [1.82, 2.24) is 10.6 Å². The Morgan fingerprint density at radius 1 is 0.765 bits per heavy atom. The molecular formula is C26H34Cl4N2O2. The van der Waals surface area contributed by atoms with Crippen LogP contribution in [-0.2, 0) is 0 Å². The summed E-state index contributed by atoms with van der Waals surface area (Å²) in [6.45, 7) is -14.4. The van der Waals surface area contributed by atoms with Gasteiger partial charge in [-0.25, -0.2) is 0 Å². The summed E-state index contributed by atoms with van der Waals surface area (Å²) in [5, 5.41) is 1.46. The highest BCUT2D eigenvalue weighted by molar-refractivity contribution is 6.42. The Labute approximate surface area is 256 Å². The Morgan fingerprint density at radius 2 is 1.15 bits per heavy atom. The van der Waals surface area contributed by atoms with E-state index >= 15 is 0 Å². The molecule has 0 bridgehead atoms. The van der Waals surface area contributed by atoms with Crippen LogP contribution in [0.5, 0.6) is 0 Å². The lowest BCUT2D eigenvalue weighted by Gasteiger charge is -2.25. The molecule has 0 aromatic heterocycles. The standard InChI is InChI=1S/2C13H17Cl2NO/c2*1-8(16-13(2,3)4)12(17)9-5-6-10(14)11(15)7-9/h2*5-8,16H,1-4H3/t2*8-/m11/s1/i1D3,2D3,3D3,4D3,5D,6D,7D,8D;1D3,5D,6D,7D,8D. The molecule has 0 saturated carbocycles. The molecule has 188 valence electrons. The van der Waals surface area contributed by atoms with E-state index in [4.69, 9.17) is 77.9 Å². The van der Waals surface area contributed by atoms with Crippen LogP contribution in [0.4, 0.5) is 0 Å². The van der Waals surface area contributed by atoms with Crippen molar-refractivity contribution in [3.8, 4) is 0 Å². The molecule has 2 atom stereocenters. The highest BCUT2D eigenvalue weighted by Crippen LogP contribution is 2.24. The second-order valence-corrected chi connectivity index (χ2v) is 8.93. The van der Waals surface area contributed by atoms with E-state index in [9.17, 15) is 9.59 Å². The SMILES string of the molecule is [2H]c1c([2H])c(C(=O)[C@]([2H])(NC(C([2H])([2H])[2H])(C([2H])([2H])[2H])C([2H])([2H])[2H])C([2H])([2H])[2H])c([2H])c(Cl)c1Cl.[2H]c1c([2H])c(C(=O)[C@]([2H])(NC(C)(C)C)C([2H])([2H])[2H])c([2H])c(Cl)c1Cl. The first-order valence-electron chi connectivity index (χ1n) is 20.4. The van der Waals surface area contributed by atoms with E-state index in [1.165, 1.54) is 5.32 Å². The van der Waals surface area contributed by atoms with Crippen molar-refractivity contribution in [2.45, 2.75) is 78.1 Å². The van der Waals surface area contributed by atoms with Crippen molar-refractivity contribution >= 4 is 58.0 Å². The van der Waals surface area contributed by atoms with Gasteiger partial charge in [0.1, 0.15) is 0 Å². The van der Waals surface area contributed by atoms with Crippen molar-refractivity contribution < 1.29 is 41.1 Å². The van der Waals surface area contributed by atoms with Gasteiger partial charge >= 0.3 is 0 Å². The quantitative estimate of drug-likeness (QED) is 0.346. The van der Waals surface area contributed by atoms with Gasteiger partial charge in [-0.15, -0.1) is 0 Å². The Kier molecular flexibility index (Phi) is 4.00. The van der Waals surface area contributed by atoms with Crippen LogP contribution < -0.4 is 10.6 Å². The number of benzene rings is 2. The van der Waals surface area contributed by atoms with E-state index in [0.717, 1.165) is 0 Å². The van der Waals surface area contributed by atoms with Crippen LogP contribution in [0.1, 0.15) is 107 Å². The molecular weight excluding hydrogens is 514 g/mol. The molecule has 0 fully saturated rings. The molecule has 4 nitrogen and oxygen atoms in total. The zero-order valence-electron chi connectivity index (χ0n) is 40.8. The maximum Gasteiger partial charge on any atom is 0.179 e. The van der Waals surface area contributed by atoms with Gasteiger partial charge in [-0.2, -0.15) is 0 Å². The van der Waals surface area contributed by atoms with Gasteiger partial charge in [0.15, 0.2) is 11.6 Å². The first-order chi connectivity index (χ1) is 24.8. The largest absolute Gasteiger partial charge is 0.303 e. The Balaban J connectivity index is 0.000000599. The summed E-state index contributed by atoms with van der Waals surface area (Å²) in [7, 11) is 0. The number of hydrogen-bond donors (Lipinski definition) is 2. The van der Waals surface area contributed by atoms with Gasteiger partial charge in [-0.3, -0.25) is 9.59 Å². The maximum atomic E-state index is 13.2. The normalized spacial score (nSPS) is 27.1. The molecule has 0 saturated heterocycles. The smallest absolute Gasteiger partial charge is 0.179 e. The summed E-state index contributed by atoms with van der Waals surface area (Å²) >= 11 is 23.0. The van der Waals surface area contributed by atoms with E-state index in [0.29, 0.717) is 0 Å². The summed E-state index contributed by atoms with van der Waals surface area (Å²) < 4.78 is 177. The molecule has 2 aromatic rings. The topological polar surface area (TPSA) is 58.2 Å². The number of halogens is 4. The zero-order valence-corrected chi connectivity index (χ0v) is 20.9. The molecule has 2 N–H and O–H groups in total. The Morgan fingerprint density at radius 3 is 1.47 bits per heavy atom. The molecule has 0 amide bonds. The molecule has 34 heavy (non-hydrogen) atoms. The van der Waals surface area contributed by atoms with Crippen LogP contribution >= 0.6 is 46.4 Å². The summed E-state index contributed by atoms with van der Waals surface area (Å²) in [5.41, 5.74) is -7.03. The van der Waals surface area contributed by atoms with Gasteiger partial charge in [0.05, 0.1) is 43.1 Å². The van der Waals surface area contributed by atoms with Gasteiger partial charge in [-0.05, 0) is 91.3 Å². The summed E-state index contributed by atoms with van der Waals surface area (Å²) in [6.07, 6.45) is 0. The van der Waals surface area contributed by atoms with E-state index in [1.54, 1.807) is 20.8 Å². The van der Waals surface area contributed by atoms with Crippen molar-refractivity contribution in [1.29, 1.82) is 0 Å². The second-order valence-electron chi connectivity index (χ2n) is 7.41. The minimum Gasteiger partial charge on any atom is -0.303 e. The fraction of sp³-hybridized carbons (Fsp3) is 0.462. The highest BCUT2D eigenvalue weighted by Gasteiger charge is 2.22. The van der Waals surface area contributed by atoms with Crippen molar-refractivity contribution in [2.24, 2.45) is 0 Å². The molecule has 2 rings (SSSR count). The van der Waals surface area contributed by atoms with E-state index < -0.39 is 131 Å². The average molecular weight is 572 g/mol. The molecule has 2 aromatic carbocycles. The van der Waals surface area contributed by atoms with Crippen LogP contribution in [0, 0.1) is 0 Å². The minimum absolute atomic E-state index is 0.378. The fourth-order valence-electron chi connectivity index (χ4n) is 1.89. The third-order valence-corrected chi connectivity index (χ3v) is 4.50.